The summed E-state index contributed by atoms with van der Waals surface area (Å²) in [6, 6.07) is 12.4. The van der Waals surface area contributed by atoms with Crippen molar-refractivity contribution in [2.24, 2.45) is 0 Å². The minimum absolute atomic E-state index is 0.0441. The summed E-state index contributed by atoms with van der Waals surface area (Å²) in [5.41, 5.74) is 3.27. The first-order chi connectivity index (χ1) is 15.0. The van der Waals surface area contributed by atoms with Gasteiger partial charge in [-0.1, -0.05) is 26.8 Å². The van der Waals surface area contributed by atoms with Crippen LogP contribution in [0.3, 0.4) is 0 Å². The van der Waals surface area contributed by atoms with Gasteiger partial charge in [-0.25, -0.2) is 9.48 Å². The molecule has 3 aromatic rings. The Labute approximate surface area is 186 Å². The van der Waals surface area contributed by atoms with E-state index in [-0.39, 0.29) is 11.0 Å². The van der Waals surface area contributed by atoms with Gasteiger partial charge < -0.3 is 5.11 Å². The first kappa shape index (κ1) is 22.7. The highest BCUT2D eigenvalue weighted by Crippen LogP contribution is 2.29. The van der Waals surface area contributed by atoms with E-state index in [2.05, 4.69) is 11.2 Å². The average molecular weight is 432 g/mol. The molecule has 0 bridgehead atoms. The van der Waals surface area contributed by atoms with Gasteiger partial charge in [-0.05, 0) is 53.8 Å². The number of aryl methyl sites for hydroxylation is 1. The molecule has 1 aromatic heterocycles. The van der Waals surface area contributed by atoms with Gasteiger partial charge in [0.05, 0.1) is 41.9 Å². The lowest BCUT2D eigenvalue weighted by Gasteiger charge is -2.25. The van der Waals surface area contributed by atoms with Crippen molar-refractivity contribution < 1.29 is 19.5 Å². The lowest BCUT2D eigenvalue weighted by molar-refractivity contribution is 0.0696. The molecular weight excluding hydrogens is 408 g/mol. The van der Waals surface area contributed by atoms with Crippen molar-refractivity contribution in [2.75, 3.05) is 12.2 Å². The van der Waals surface area contributed by atoms with Gasteiger partial charge in [-0.2, -0.15) is 15.4 Å². The van der Waals surface area contributed by atoms with E-state index in [0.29, 0.717) is 22.5 Å². The average Bonchev–Trinajstić information content (AvgIpc) is 3.24. The number of benzene rings is 2. The Morgan fingerprint density at radius 2 is 1.88 bits per heavy atom. The quantitative estimate of drug-likeness (QED) is 0.604. The van der Waals surface area contributed by atoms with Crippen LogP contribution in [0, 0.1) is 18.3 Å². The van der Waals surface area contributed by atoms with Crippen LogP contribution in [-0.4, -0.2) is 33.9 Å². The van der Waals surface area contributed by atoms with Crippen LogP contribution in [0.2, 0.25) is 0 Å². The largest absolute Gasteiger partial charge is 0.478 e. The third-order valence-electron chi connectivity index (χ3n) is 5.05. The van der Waals surface area contributed by atoms with E-state index in [1.54, 1.807) is 30.3 Å². The second-order valence-corrected chi connectivity index (χ2v) is 8.39. The van der Waals surface area contributed by atoms with Crippen LogP contribution in [0.1, 0.15) is 58.2 Å². The molecule has 0 aliphatic heterocycles. The highest BCUT2D eigenvalue weighted by atomic mass is 16.7. The van der Waals surface area contributed by atoms with E-state index in [1.807, 2.05) is 33.8 Å². The number of aromatic carboxylic acids is 1. The molecule has 0 unspecified atom stereocenters. The number of carboxylic acid groups (broad SMARTS) is 1. The van der Waals surface area contributed by atoms with Crippen LogP contribution in [0.5, 0.6) is 0 Å². The second-order valence-electron chi connectivity index (χ2n) is 8.39. The first-order valence-corrected chi connectivity index (χ1v) is 9.88. The summed E-state index contributed by atoms with van der Waals surface area (Å²) >= 11 is 0. The molecule has 0 aliphatic carbocycles. The number of aromatic nitrogens is 2. The van der Waals surface area contributed by atoms with Crippen LogP contribution >= 0.6 is 0 Å². The monoisotopic (exact) mass is 432 g/mol. The van der Waals surface area contributed by atoms with Crippen LogP contribution in [0.25, 0.3) is 5.69 Å². The van der Waals surface area contributed by atoms with Gasteiger partial charge in [0.1, 0.15) is 0 Å². The van der Waals surface area contributed by atoms with Gasteiger partial charge >= 0.3 is 5.97 Å². The number of rotatable bonds is 5. The molecule has 0 aliphatic rings. The highest BCUT2D eigenvalue weighted by Gasteiger charge is 2.23. The number of carbonyl (C=O) groups is 2. The van der Waals surface area contributed by atoms with E-state index in [9.17, 15) is 14.9 Å². The summed E-state index contributed by atoms with van der Waals surface area (Å²) in [4.78, 5) is 29.9. The molecule has 0 saturated heterocycles. The van der Waals surface area contributed by atoms with Crippen molar-refractivity contribution in [1.82, 2.24) is 9.78 Å². The molecule has 0 radical (unpaired) electrons. The molecule has 1 N–H and O–H groups in total. The fraction of sp³-hybridized carbons (Fsp3) is 0.250. The zero-order chi connectivity index (χ0) is 23.6. The predicted octanol–water partition coefficient (Wildman–Crippen LogP) is 4.26. The summed E-state index contributed by atoms with van der Waals surface area (Å²) in [5.74, 6) is -1.52. The number of anilines is 1. The Bertz CT molecular complexity index is 1230. The fourth-order valence-electron chi connectivity index (χ4n) is 3.20. The van der Waals surface area contributed by atoms with Crippen LogP contribution < -0.4 is 5.06 Å². The molecule has 0 fully saturated rings. The molecule has 0 saturated carbocycles. The van der Waals surface area contributed by atoms with Gasteiger partial charge in [0.15, 0.2) is 0 Å². The van der Waals surface area contributed by atoms with Gasteiger partial charge in [0.2, 0.25) is 0 Å². The van der Waals surface area contributed by atoms with Crippen LogP contribution in [-0.2, 0) is 10.3 Å². The normalized spacial score (nSPS) is 11.1. The zero-order valence-electron chi connectivity index (χ0n) is 18.6. The van der Waals surface area contributed by atoms with Crippen LogP contribution in [0.15, 0.2) is 48.8 Å². The number of hydroxylamine groups is 1. The van der Waals surface area contributed by atoms with Gasteiger partial charge in [0.25, 0.3) is 5.91 Å². The number of hydrogen-bond acceptors (Lipinski definition) is 5. The number of hydrogen-bond donors (Lipinski definition) is 1. The molecule has 1 amide bonds. The third-order valence-corrected chi connectivity index (χ3v) is 5.05. The predicted molar refractivity (Wildman–Crippen MR) is 119 cm³/mol. The van der Waals surface area contributed by atoms with Crippen molar-refractivity contribution in [3.05, 3.63) is 76.6 Å². The topological polar surface area (TPSA) is 108 Å². The van der Waals surface area contributed by atoms with Gasteiger partial charge in [-0.15, -0.1) is 0 Å². The SMILES string of the molecule is CON(C(=O)c1ccc(C)c(-n2cc(C(=O)O)cn2)c1)c1cc(C#N)cc(C(C)(C)C)c1. The summed E-state index contributed by atoms with van der Waals surface area (Å²) in [7, 11) is 1.38. The lowest BCUT2D eigenvalue weighted by atomic mass is 9.86. The number of carbonyl (C=O) groups excluding carboxylic acids is 1. The van der Waals surface area contributed by atoms with Crippen molar-refractivity contribution in [3.8, 4) is 11.8 Å². The Hall–Kier alpha value is -3.96. The van der Waals surface area contributed by atoms with E-state index < -0.39 is 11.9 Å². The Morgan fingerprint density at radius 1 is 1.16 bits per heavy atom. The third kappa shape index (κ3) is 4.53. The van der Waals surface area contributed by atoms with Crippen LogP contribution in [0.4, 0.5) is 5.69 Å². The van der Waals surface area contributed by atoms with Crippen molar-refractivity contribution in [3.63, 3.8) is 0 Å². The molecule has 8 nitrogen and oxygen atoms in total. The molecule has 0 atom stereocenters. The molecule has 8 heteroatoms. The van der Waals surface area contributed by atoms with Crippen molar-refractivity contribution in [1.29, 1.82) is 5.26 Å². The van der Waals surface area contributed by atoms with Crippen molar-refractivity contribution in [2.45, 2.75) is 33.1 Å². The summed E-state index contributed by atoms with van der Waals surface area (Å²) in [5, 5.41) is 23.8. The summed E-state index contributed by atoms with van der Waals surface area (Å²) in [6.07, 6.45) is 2.64. The highest BCUT2D eigenvalue weighted by molar-refractivity contribution is 6.05. The minimum atomic E-state index is -1.08. The molecular formula is C24H24N4O4. The number of nitriles is 1. The molecule has 32 heavy (non-hydrogen) atoms. The Balaban J connectivity index is 2.04. The number of amides is 1. The summed E-state index contributed by atoms with van der Waals surface area (Å²) < 4.78 is 1.42. The maximum atomic E-state index is 13.3. The molecule has 3 rings (SSSR count). The van der Waals surface area contributed by atoms with E-state index in [0.717, 1.165) is 16.2 Å². The second kappa shape index (κ2) is 8.65. The van der Waals surface area contributed by atoms with Gasteiger partial charge in [-0.3, -0.25) is 9.63 Å². The van der Waals surface area contributed by atoms with Gasteiger partial charge in [0, 0.05) is 11.8 Å². The molecule has 2 aromatic carbocycles. The first-order valence-electron chi connectivity index (χ1n) is 9.88. The van der Waals surface area contributed by atoms with E-state index in [1.165, 1.54) is 24.2 Å². The molecule has 1 heterocycles. The summed E-state index contributed by atoms with van der Waals surface area (Å²) in [6.45, 7) is 7.90. The maximum Gasteiger partial charge on any atom is 0.338 e. The van der Waals surface area contributed by atoms with Crippen molar-refractivity contribution >= 4 is 17.6 Å². The molecule has 0 spiro atoms. The smallest absolute Gasteiger partial charge is 0.338 e. The fourth-order valence-corrected chi connectivity index (χ4v) is 3.20. The number of nitrogens with zero attached hydrogens (tertiary/aromatic N) is 4. The zero-order valence-corrected chi connectivity index (χ0v) is 18.6. The lowest BCUT2D eigenvalue weighted by Crippen LogP contribution is -2.30. The standard InChI is InChI=1S/C24H24N4O4/c1-15-6-7-17(10-21(15)27-14-18(13-26-27)23(30)31)22(29)28(32-5)20-9-16(12-25)8-19(11-20)24(2,3)4/h6-11,13-14H,1-5H3,(H,30,31). The molecule has 164 valence electrons. The maximum absolute atomic E-state index is 13.3. The van der Waals surface area contributed by atoms with E-state index >= 15 is 0 Å². The number of carboxylic acids is 1. The Kier molecular flexibility index (Phi) is 6.14. The van der Waals surface area contributed by atoms with E-state index in [4.69, 9.17) is 9.94 Å². The minimum Gasteiger partial charge on any atom is -0.478 e. The Morgan fingerprint density at radius 3 is 2.44 bits per heavy atom.